The fraction of sp³-hybridized carbons (Fsp3) is 0.300. The molecule has 1 aliphatic rings. The van der Waals surface area contributed by atoms with Crippen LogP contribution in [0.15, 0.2) is 48.5 Å². The molecule has 5 nitrogen and oxygen atoms in total. The summed E-state index contributed by atoms with van der Waals surface area (Å²) in [5.74, 6) is -0.163. The third-order valence-electron chi connectivity index (χ3n) is 4.37. The van der Waals surface area contributed by atoms with Gasteiger partial charge in [0, 0.05) is 18.7 Å². The first kappa shape index (κ1) is 19.7. The van der Waals surface area contributed by atoms with Crippen molar-refractivity contribution >= 4 is 23.2 Å². The first-order valence-electron chi connectivity index (χ1n) is 8.83. The summed E-state index contributed by atoms with van der Waals surface area (Å²) in [5, 5.41) is 2.45. The zero-order chi connectivity index (χ0) is 20.3. The van der Waals surface area contributed by atoms with E-state index in [9.17, 15) is 22.8 Å². The second-order valence-electron chi connectivity index (χ2n) is 6.35. The molecule has 0 spiro atoms. The van der Waals surface area contributed by atoms with E-state index in [1.54, 1.807) is 24.3 Å². The number of nitrogens with zero attached hydrogens (tertiary/aromatic N) is 1. The third kappa shape index (κ3) is 4.27. The topological polar surface area (TPSA) is 58.6 Å². The van der Waals surface area contributed by atoms with Crippen molar-refractivity contribution < 1.29 is 27.5 Å². The fourth-order valence-corrected chi connectivity index (χ4v) is 2.97. The lowest BCUT2D eigenvalue weighted by Gasteiger charge is -2.33. The molecule has 0 aliphatic carbocycles. The van der Waals surface area contributed by atoms with Crippen molar-refractivity contribution in [2.24, 2.45) is 0 Å². The highest BCUT2D eigenvalue weighted by Crippen LogP contribution is 2.34. The van der Waals surface area contributed by atoms with E-state index in [1.165, 1.54) is 17.0 Å². The first-order valence-corrected chi connectivity index (χ1v) is 8.83. The van der Waals surface area contributed by atoms with Crippen LogP contribution in [0.25, 0.3) is 0 Å². The summed E-state index contributed by atoms with van der Waals surface area (Å²) in [7, 11) is 0. The molecule has 0 aromatic heterocycles. The van der Waals surface area contributed by atoms with Gasteiger partial charge in [0.2, 0.25) is 5.91 Å². The number of halogens is 3. The van der Waals surface area contributed by atoms with Crippen LogP contribution < -0.4 is 15.0 Å². The summed E-state index contributed by atoms with van der Waals surface area (Å²) < 4.78 is 44.0. The Hall–Kier alpha value is -3.03. The smallest absolute Gasteiger partial charge is 0.416 e. The maximum Gasteiger partial charge on any atom is 0.416 e. The van der Waals surface area contributed by atoms with Crippen LogP contribution in [-0.2, 0) is 15.8 Å². The van der Waals surface area contributed by atoms with Gasteiger partial charge in [-0.15, -0.1) is 0 Å². The lowest BCUT2D eigenvalue weighted by molar-refractivity contribution is -0.137. The molecule has 8 heteroatoms. The van der Waals surface area contributed by atoms with Gasteiger partial charge >= 0.3 is 6.18 Å². The van der Waals surface area contributed by atoms with Crippen molar-refractivity contribution in [3.05, 3.63) is 54.1 Å². The minimum absolute atomic E-state index is 0.0555. The minimum Gasteiger partial charge on any atom is -0.478 e. The van der Waals surface area contributed by atoms with Crippen LogP contribution in [0.4, 0.5) is 24.5 Å². The summed E-state index contributed by atoms with van der Waals surface area (Å²) in [6.07, 6.45) is -4.69. The monoisotopic (exact) mass is 392 g/mol. The van der Waals surface area contributed by atoms with Crippen molar-refractivity contribution in [3.8, 4) is 5.75 Å². The largest absolute Gasteiger partial charge is 0.478 e. The molecule has 28 heavy (non-hydrogen) atoms. The van der Waals surface area contributed by atoms with E-state index in [1.807, 2.05) is 6.92 Å². The number of anilines is 2. The summed E-state index contributed by atoms with van der Waals surface area (Å²) >= 11 is 0. The van der Waals surface area contributed by atoms with E-state index in [2.05, 4.69) is 5.32 Å². The Balaban J connectivity index is 1.68. The van der Waals surface area contributed by atoms with Crippen molar-refractivity contribution in [1.82, 2.24) is 0 Å². The number of rotatable bonds is 5. The van der Waals surface area contributed by atoms with Crippen LogP contribution in [0.5, 0.6) is 5.75 Å². The minimum atomic E-state index is -4.49. The second kappa shape index (κ2) is 7.92. The number of benzene rings is 2. The molecule has 1 atom stereocenters. The average Bonchev–Trinajstić information content (AvgIpc) is 2.66. The van der Waals surface area contributed by atoms with Gasteiger partial charge in [0.05, 0.1) is 11.3 Å². The summed E-state index contributed by atoms with van der Waals surface area (Å²) in [4.78, 5) is 26.3. The third-order valence-corrected chi connectivity index (χ3v) is 4.37. The number of alkyl halides is 3. The number of carbonyl (C=O) groups is 2. The quantitative estimate of drug-likeness (QED) is 0.828. The van der Waals surface area contributed by atoms with Crippen LogP contribution in [-0.4, -0.2) is 24.5 Å². The van der Waals surface area contributed by atoms with E-state index in [0.29, 0.717) is 17.9 Å². The van der Waals surface area contributed by atoms with Gasteiger partial charge < -0.3 is 15.0 Å². The Morgan fingerprint density at radius 1 is 1.18 bits per heavy atom. The molecule has 0 fully saturated rings. The van der Waals surface area contributed by atoms with E-state index >= 15 is 0 Å². The Kier molecular flexibility index (Phi) is 5.58. The second-order valence-corrected chi connectivity index (χ2v) is 6.35. The molecular formula is C20H19F3N2O3. The molecular weight excluding hydrogens is 373 g/mol. The fourth-order valence-electron chi connectivity index (χ4n) is 2.97. The highest BCUT2D eigenvalue weighted by atomic mass is 19.4. The highest BCUT2D eigenvalue weighted by molar-refractivity contribution is 6.01. The Bertz CT molecular complexity index is 883. The SMILES string of the molecule is CCC1Oc2ccccc2N(CCC(=O)Nc2cccc(C(F)(F)F)c2)C1=O. The Labute approximate surface area is 160 Å². The molecule has 2 aromatic carbocycles. The maximum absolute atomic E-state index is 12.8. The number of amides is 2. The predicted octanol–water partition coefficient (Wildman–Crippen LogP) is 4.24. The van der Waals surface area contributed by atoms with Crippen LogP contribution in [0.1, 0.15) is 25.3 Å². The number of ether oxygens (including phenoxy) is 1. The lowest BCUT2D eigenvalue weighted by atomic mass is 10.1. The van der Waals surface area contributed by atoms with Crippen molar-refractivity contribution in [1.29, 1.82) is 0 Å². The molecule has 148 valence electrons. The zero-order valence-electron chi connectivity index (χ0n) is 15.1. The van der Waals surface area contributed by atoms with Gasteiger partial charge in [-0.1, -0.05) is 25.1 Å². The summed E-state index contributed by atoms with van der Waals surface area (Å²) in [6, 6.07) is 11.5. The normalized spacial score (nSPS) is 16.4. The molecule has 1 N–H and O–H groups in total. The van der Waals surface area contributed by atoms with Gasteiger partial charge in [0.15, 0.2) is 6.10 Å². The molecule has 0 saturated heterocycles. The average molecular weight is 392 g/mol. The van der Waals surface area contributed by atoms with Gasteiger partial charge in [-0.25, -0.2) is 0 Å². The van der Waals surface area contributed by atoms with Crippen LogP contribution in [0.2, 0.25) is 0 Å². The summed E-state index contributed by atoms with van der Waals surface area (Å²) in [6.45, 7) is 1.93. The number of fused-ring (bicyclic) bond motifs is 1. The van der Waals surface area contributed by atoms with Crippen molar-refractivity contribution in [3.63, 3.8) is 0 Å². The molecule has 2 amide bonds. The predicted molar refractivity (Wildman–Crippen MR) is 98.2 cm³/mol. The van der Waals surface area contributed by atoms with Gasteiger partial charge in [-0.2, -0.15) is 13.2 Å². The van der Waals surface area contributed by atoms with Gasteiger partial charge in [0.25, 0.3) is 5.91 Å². The van der Waals surface area contributed by atoms with Gasteiger partial charge in [0.1, 0.15) is 5.75 Å². The van der Waals surface area contributed by atoms with Crippen molar-refractivity contribution in [2.75, 3.05) is 16.8 Å². The lowest BCUT2D eigenvalue weighted by Crippen LogP contribution is -2.46. The molecule has 1 unspecified atom stereocenters. The number of nitrogens with one attached hydrogen (secondary N) is 1. The summed E-state index contributed by atoms with van der Waals surface area (Å²) in [5.41, 5.74) is -0.211. The molecule has 0 radical (unpaired) electrons. The molecule has 1 aliphatic heterocycles. The standard InChI is InChI=1S/C20H19F3N2O3/c1-2-16-19(27)25(15-8-3-4-9-17(15)28-16)11-10-18(26)24-14-7-5-6-13(12-14)20(21,22)23/h3-9,12,16H,2,10-11H2,1H3,(H,24,26). The molecule has 1 heterocycles. The molecule has 0 bridgehead atoms. The number of hydrogen-bond acceptors (Lipinski definition) is 3. The number of para-hydroxylation sites is 2. The van der Waals surface area contributed by atoms with Gasteiger partial charge in [-0.3, -0.25) is 9.59 Å². The molecule has 3 rings (SSSR count). The number of hydrogen-bond donors (Lipinski definition) is 1. The van der Waals surface area contributed by atoms with Crippen LogP contribution in [0, 0.1) is 0 Å². The first-order chi connectivity index (χ1) is 13.3. The van der Waals surface area contributed by atoms with E-state index in [-0.39, 0.29) is 24.6 Å². The van der Waals surface area contributed by atoms with Crippen LogP contribution >= 0.6 is 0 Å². The maximum atomic E-state index is 12.8. The molecule has 2 aromatic rings. The Morgan fingerprint density at radius 2 is 1.93 bits per heavy atom. The van der Waals surface area contributed by atoms with Crippen molar-refractivity contribution in [2.45, 2.75) is 32.0 Å². The van der Waals surface area contributed by atoms with E-state index < -0.39 is 23.8 Å². The van der Waals surface area contributed by atoms with E-state index in [0.717, 1.165) is 12.1 Å². The van der Waals surface area contributed by atoms with E-state index in [4.69, 9.17) is 4.74 Å². The van der Waals surface area contributed by atoms with Gasteiger partial charge in [-0.05, 0) is 36.8 Å². The molecule has 0 saturated carbocycles. The Morgan fingerprint density at radius 3 is 2.64 bits per heavy atom. The highest BCUT2D eigenvalue weighted by Gasteiger charge is 2.33. The number of carbonyl (C=O) groups excluding carboxylic acids is 2. The van der Waals surface area contributed by atoms with Crippen LogP contribution in [0.3, 0.4) is 0 Å². The zero-order valence-corrected chi connectivity index (χ0v) is 15.1.